The molecular formula is C20H23Cl2N3O. The maximum absolute atomic E-state index is 11.2. The van der Waals surface area contributed by atoms with E-state index in [0.717, 1.165) is 50.5 Å². The Kier molecular flexibility index (Phi) is 6.54. The van der Waals surface area contributed by atoms with Crippen LogP contribution in [0.5, 0.6) is 0 Å². The lowest BCUT2D eigenvalue weighted by Crippen LogP contribution is -2.45. The van der Waals surface area contributed by atoms with Crippen LogP contribution in [0.2, 0.25) is 10.0 Å². The topological polar surface area (TPSA) is 35.6 Å². The van der Waals surface area contributed by atoms with E-state index in [1.165, 1.54) is 12.5 Å². The number of piperazine rings is 1. The van der Waals surface area contributed by atoms with Gasteiger partial charge < -0.3 is 5.32 Å². The van der Waals surface area contributed by atoms with Gasteiger partial charge in [-0.15, -0.1) is 0 Å². The smallest absolute Gasteiger partial charge is 0.221 e. The Morgan fingerprint density at radius 3 is 2.35 bits per heavy atom. The molecule has 2 aromatic rings. The van der Waals surface area contributed by atoms with Crippen molar-refractivity contribution in [3.8, 4) is 0 Å². The standard InChI is InChI=1S/C20H23Cl2N3O/c1-15(26)23-18-6-2-4-16(12-18)13-24-8-10-25(11-9-24)14-17-5-3-7-19(21)20(17)22/h2-7,12H,8-11,13-14H2,1H3,(H,23,26). The molecular weight excluding hydrogens is 369 g/mol. The highest BCUT2D eigenvalue weighted by molar-refractivity contribution is 6.42. The fourth-order valence-electron chi connectivity index (χ4n) is 3.23. The van der Waals surface area contributed by atoms with Crippen molar-refractivity contribution in [2.24, 2.45) is 0 Å². The van der Waals surface area contributed by atoms with Crippen LogP contribution < -0.4 is 5.32 Å². The average Bonchev–Trinajstić information content (AvgIpc) is 2.60. The molecule has 1 fully saturated rings. The van der Waals surface area contributed by atoms with Gasteiger partial charge in [-0.3, -0.25) is 14.6 Å². The van der Waals surface area contributed by atoms with Gasteiger partial charge in [0.1, 0.15) is 0 Å². The molecule has 1 aliphatic heterocycles. The van der Waals surface area contributed by atoms with E-state index in [9.17, 15) is 4.79 Å². The van der Waals surface area contributed by atoms with Gasteiger partial charge in [-0.25, -0.2) is 0 Å². The normalized spacial score (nSPS) is 15.8. The molecule has 1 amide bonds. The van der Waals surface area contributed by atoms with E-state index in [4.69, 9.17) is 23.2 Å². The molecule has 0 aliphatic carbocycles. The zero-order valence-corrected chi connectivity index (χ0v) is 16.4. The van der Waals surface area contributed by atoms with E-state index in [2.05, 4.69) is 21.2 Å². The molecule has 2 aromatic carbocycles. The summed E-state index contributed by atoms with van der Waals surface area (Å²) in [5.74, 6) is -0.0459. The van der Waals surface area contributed by atoms with Crippen molar-refractivity contribution >= 4 is 34.8 Å². The molecule has 0 unspecified atom stereocenters. The minimum atomic E-state index is -0.0459. The number of nitrogens with zero attached hydrogens (tertiary/aromatic N) is 2. The molecule has 3 rings (SSSR count). The summed E-state index contributed by atoms with van der Waals surface area (Å²) in [5, 5.41) is 4.11. The van der Waals surface area contributed by atoms with Crippen molar-refractivity contribution in [1.29, 1.82) is 0 Å². The van der Waals surface area contributed by atoms with Crippen molar-refractivity contribution in [1.82, 2.24) is 9.80 Å². The first-order chi connectivity index (χ1) is 12.5. The van der Waals surface area contributed by atoms with Gasteiger partial charge in [0.25, 0.3) is 0 Å². The molecule has 6 heteroatoms. The highest BCUT2D eigenvalue weighted by Crippen LogP contribution is 2.26. The monoisotopic (exact) mass is 391 g/mol. The molecule has 4 nitrogen and oxygen atoms in total. The second-order valence-electron chi connectivity index (χ2n) is 6.65. The summed E-state index contributed by atoms with van der Waals surface area (Å²) < 4.78 is 0. The predicted molar refractivity (Wildman–Crippen MR) is 108 cm³/mol. The Hall–Kier alpha value is -1.59. The number of amides is 1. The number of anilines is 1. The van der Waals surface area contributed by atoms with Gasteiger partial charge in [-0.2, -0.15) is 0 Å². The number of halogens is 2. The fourth-order valence-corrected chi connectivity index (χ4v) is 3.61. The third-order valence-corrected chi connectivity index (χ3v) is 5.40. The lowest BCUT2D eigenvalue weighted by atomic mass is 10.1. The number of nitrogens with one attached hydrogen (secondary N) is 1. The summed E-state index contributed by atoms with van der Waals surface area (Å²) in [5.41, 5.74) is 3.14. The summed E-state index contributed by atoms with van der Waals surface area (Å²) in [4.78, 5) is 16.0. The van der Waals surface area contributed by atoms with Crippen molar-refractivity contribution in [3.63, 3.8) is 0 Å². The molecule has 1 saturated heterocycles. The molecule has 1 heterocycles. The van der Waals surface area contributed by atoms with Crippen LogP contribution in [0, 0.1) is 0 Å². The number of hydrogen-bond acceptors (Lipinski definition) is 3. The quantitative estimate of drug-likeness (QED) is 0.826. The van der Waals surface area contributed by atoms with Crippen molar-refractivity contribution in [2.75, 3.05) is 31.5 Å². The highest BCUT2D eigenvalue weighted by atomic mass is 35.5. The predicted octanol–water partition coefficient (Wildman–Crippen LogP) is 4.27. The zero-order chi connectivity index (χ0) is 18.5. The van der Waals surface area contributed by atoms with E-state index in [-0.39, 0.29) is 5.91 Å². The first-order valence-electron chi connectivity index (χ1n) is 8.75. The van der Waals surface area contributed by atoms with Crippen molar-refractivity contribution in [3.05, 3.63) is 63.6 Å². The van der Waals surface area contributed by atoms with Crippen LogP contribution in [-0.4, -0.2) is 41.9 Å². The highest BCUT2D eigenvalue weighted by Gasteiger charge is 2.18. The number of benzene rings is 2. The van der Waals surface area contributed by atoms with E-state index < -0.39 is 0 Å². The van der Waals surface area contributed by atoms with E-state index in [0.29, 0.717) is 10.0 Å². The maximum Gasteiger partial charge on any atom is 0.221 e. The van der Waals surface area contributed by atoms with Gasteiger partial charge in [-0.1, -0.05) is 47.5 Å². The molecule has 0 radical (unpaired) electrons. The largest absolute Gasteiger partial charge is 0.326 e. The maximum atomic E-state index is 11.2. The lowest BCUT2D eigenvalue weighted by molar-refractivity contribution is -0.114. The van der Waals surface area contributed by atoms with Gasteiger partial charge >= 0.3 is 0 Å². The summed E-state index contributed by atoms with van der Waals surface area (Å²) in [6.07, 6.45) is 0. The fraction of sp³-hybridized carbons (Fsp3) is 0.350. The Morgan fingerprint density at radius 1 is 1.00 bits per heavy atom. The summed E-state index contributed by atoms with van der Waals surface area (Å²) in [6, 6.07) is 13.8. The number of rotatable bonds is 5. The average molecular weight is 392 g/mol. The van der Waals surface area contributed by atoms with Crippen LogP contribution in [0.25, 0.3) is 0 Å². The minimum absolute atomic E-state index is 0.0459. The number of carbonyl (C=O) groups excluding carboxylic acids is 1. The molecule has 1 aliphatic rings. The second kappa shape index (κ2) is 8.87. The van der Waals surface area contributed by atoms with Crippen LogP contribution in [0.1, 0.15) is 18.1 Å². The van der Waals surface area contributed by atoms with Crippen molar-refractivity contribution < 1.29 is 4.79 Å². The SMILES string of the molecule is CC(=O)Nc1cccc(CN2CCN(Cc3cccc(Cl)c3Cl)CC2)c1. The molecule has 0 saturated carbocycles. The van der Waals surface area contributed by atoms with E-state index in [1.807, 2.05) is 36.4 Å². The van der Waals surface area contributed by atoms with Crippen LogP contribution in [-0.2, 0) is 17.9 Å². The van der Waals surface area contributed by atoms with Gasteiger partial charge in [-0.05, 0) is 29.3 Å². The molecule has 0 atom stereocenters. The van der Waals surface area contributed by atoms with Gasteiger partial charge in [0.2, 0.25) is 5.91 Å². The third-order valence-electron chi connectivity index (χ3n) is 4.54. The van der Waals surface area contributed by atoms with Gasteiger partial charge in [0.05, 0.1) is 10.0 Å². The summed E-state index contributed by atoms with van der Waals surface area (Å²) in [7, 11) is 0. The first kappa shape index (κ1) is 19.2. The summed E-state index contributed by atoms with van der Waals surface area (Å²) >= 11 is 12.4. The van der Waals surface area contributed by atoms with Crippen LogP contribution in [0.4, 0.5) is 5.69 Å². The number of hydrogen-bond donors (Lipinski definition) is 1. The minimum Gasteiger partial charge on any atom is -0.326 e. The molecule has 26 heavy (non-hydrogen) atoms. The molecule has 1 N–H and O–H groups in total. The molecule has 138 valence electrons. The zero-order valence-electron chi connectivity index (χ0n) is 14.8. The summed E-state index contributed by atoms with van der Waals surface area (Å²) in [6.45, 7) is 7.23. The van der Waals surface area contributed by atoms with Crippen LogP contribution in [0.3, 0.4) is 0 Å². The van der Waals surface area contributed by atoms with E-state index in [1.54, 1.807) is 0 Å². The van der Waals surface area contributed by atoms with Crippen LogP contribution >= 0.6 is 23.2 Å². The Morgan fingerprint density at radius 2 is 1.65 bits per heavy atom. The molecule has 0 aromatic heterocycles. The lowest BCUT2D eigenvalue weighted by Gasteiger charge is -2.35. The van der Waals surface area contributed by atoms with Crippen LogP contribution in [0.15, 0.2) is 42.5 Å². The number of carbonyl (C=O) groups is 1. The van der Waals surface area contributed by atoms with Gasteiger partial charge in [0.15, 0.2) is 0 Å². The second-order valence-corrected chi connectivity index (χ2v) is 7.43. The van der Waals surface area contributed by atoms with Gasteiger partial charge in [0, 0.05) is 51.9 Å². The van der Waals surface area contributed by atoms with Crippen molar-refractivity contribution in [2.45, 2.75) is 20.0 Å². The first-order valence-corrected chi connectivity index (χ1v) is 9.51. The Bertz CT molecular complexity index is 773. The molecule has 0 spiro atoms. The Balaban J connectivity index is 1.52. The van der Waals surface area contributed by atoms with E-state index >= 15 is 0 Å². The molecule has 0 bridgehead atoms. The third kappa shape index (κ3) is 5.21. The Labute approximate surface area is 164 Å².